The Bertz CT molecular complexity index is 3520. The fourth-order valence-electron chi connectivity index (χ4n) is 6.86. The lowest BCUT2D eigenvalue weighted by Crippen LogP contribution is -2.46. The molecule has 2 aliphatic rings. The summed E-state index contributed by atoms with van der Waals surface area (Å²) in [5.41, 5.74) is -9.17. The number of hydrazone groups is 2. The third-order valence-electron chi connectivity index (χ3n) is 10.5. The van der Waals surface area contributed by atoms with Crippen LogP contribution in [0, 0.1) is 18.6 Å². The summed E-state index contributed by atoms with van der Waals surface area (Å²) in [6.45, 7) is -0.393. The van der Waals surface area contributed by atoms with Gasteiger partial charge in [-0.25, -0.2) is 32.2 Å². The van der Waals surface area contributed by atoms with Crippen molar-refractivity contribution in [2.75, 3.05) is 36.2 Å². The molecular weight excluding hydrogens is 1170 g/mol. The zero-order chi connectivity index (χ0) is 57.4. The minimum Gasteiger partial charge on any atom is -0.476 e. The molecule has 6 heterocycles. The molecule has 424 valence electrons. The largest absolute Gasteiger partial charge is 0.516 e. The fourth-order valence-corrected chi connectivity index (χ4v) is 8.53. The number of hydrogen-bond donors (Lipinski definition) is 3. The van der Waals surface area contributed by atoms with Gasteiger partial charge in [-0.1, -0.05) is 29.8 Å². The van der Waals surface area contributed by atoms with Crippen molar-refractivity contribution in [3.63, 3.8) is 0 Å². The number of anilines is 2. The van der Waals surface area contributed by atoms with E-state index in [4.69, 9.17) is 22.4 Å². The van der Waals surface area contributed by atoms with E-state index in [0.29, 0.717) is 23.8 Å². The van der Waals surface area contributed by atoms with Gasteiger partial charge in [0.05, 0.1) is 42.6 Å². The number of halogens is 16. The summed E-state index contributed by atoms with van der Waals surface area (Å²) >= 11 is 5.84. The molecule has 2 aromatic carbocycles. The third kappa shape index (κ3) is 13.4. The van der Waals surface area contributed by atoms with E-state index in [9.17, 15) is 87.9 Å². The van der Waals surface area contributed by atoms with Crippen LogP contribution in [0.15, 0.2) is 83.3 Å². The molecule has 8 rings (SSSR count). The number of aryl methyl sites for hydroxylation is 1. The Hall–Kier alpha value is -7.24. The molecule has 2 aliphatic heterocycles. The zero-order valence-electron chi connectivity index (χ0n) is 38.7. The maximum absolute atomic E-state index is 14.7. The number of carbonyl (C=O) groups is 2. The van der Waals surface area contributed by atoms with E-state index >= 15 is 0 Å². The van der Waals surface area contributed by atoms with Gasteiger partial charge in [0.25, 0.3) is 5.91 Å². The average molecular weight is 1210 g/mol. The van der Waals surface area contributed by atoms with Gasteiger partial charge in [-0.2, -0.15) is 79.7 Å². The lowest BCUT2D eigenvalue weighted by atomic mass is 10.2. The van der Waals surface area contributed by atoms with E-state index in [1.807, 2.05) is 0 Å². The highest BCUT2D eigenvalue weighted by atomic mass is 35.5. The molecule has 4 N–H and O–H groups in total. The van der Waals surface area contributed by atoms with E-state index in [1.54, 1.807) is 19.1 Å². The van der Waals surface area contributed by atoms with Crippen molar-refractivity contribution in [1.29, 1.82) is 0 Å². The Morgan fingerprint density at radius 2 is 1.09 bits per heavy atom. The summed E-state index contributed by atoms with van der Waals surface area (Å²) in [4.78, 5) is 30.3. The Labute approximate surface area is 440 Å². The highest BCUT2D eigenvalue weighted by molar-refractivity contribution is 7.90. The zero-order valence-corrected chi connectivity index (χ0v) is 41.9. The number of aromatic carboxylic acids is 1. The topological polar surface area (TPSA) is 233 Å². The molecule has 19 nitrogen and oxygen atoms in total. The number of fused-ring (bicyclic) bond motifs is 2. The summed E-state index contributed by atoms with van der Waals surface area (Å²) in [6, 6.07) is 12.9. The molecule has 37 heteroatoms. The molecule has 0 aliphatic carbocycles. The number of hydrogen-bond acceptors (Lipinski definition) is 13. The van der Waals surface area contributed by atoms with Gasteiger partial charge < -0.3 is 16.2 Å². The fraction of sp³-hybridized carbons (Fsp3) is 0.268. The number of rotatable bonds is 9. The Morgan fingerprint density at radius 3 is 1.50 bits per heavy atom. The van der Waals surface area contributed by atoms with Crippen LogP contribution in [0.25, 0.3) is 11.3 Å². The standard InChI is InChI=1S/C20H14ClF7N6O3S.C11H12F4N4O2S.C10H7F3N2O2.ClH/c21-12-2-4-15-31-17(19(23,24)25)16(33(15)9-12)18(35)29-8-11-1-3-14(13(22)7-11)34-6-5-32(10-30-34)38(36,37)20(26,27)28;12-9-5-8(6-16)1-2-10(9)19-4-3-18(7-17-19)22(20,21)11(13,14)15;1-5-2-3-6-14-8(10(11,12)13)7(9(16)17)15(6)4-5;/h1-4,7,9-10H,5-6,8H2,(H,29,35);1-2,5,7H,3-4,6,16H2;2-4H,1H3,(H,16,17);1H. The first-order valence-electron chi connectivity index (χ1n) is 21.0. The predicted octanol–water partition coefficient (Wildman–Crippen LogP) is 7.97. The first-order chi connectivity index (χ1) is 35.6. The second-order valence-electron chi connectivity index (χ2n) is 15.7. The Kier molecular flexibility index (Phi) is 18.2. The molecule has 0 atom stereocenters. The van der Waals surface area contributed by atoms with Crippen molar-refractivity contribution in [2.24, 2.45) is 15.9 Å². The van der Waals surface area contributed by atoms with Crippen LogP contribution in [0.4, 0.5) is 72.8 Å². The van der Waals surface area contributed by atoms with E-state index in [1.165, 1.54) is 42.6 Å². The predicted molar refractivity (Wildman–Crippen MR) is 251 cm³/mol. The van der Waals surface area contributed by atoms with E-state index < -0.39 is 116 Å². The monoisotopic (exact) mass is 1210 g/mol. The van der Waals surface area contributed by atoms with Crippen LogP contribution >= 0.6 is 24.0 Å². The molecule has 6 aromatic rings. The van der Waals surface area contributed by atoms with Gasteiger partial charge in [0.2, 0.25) is 0 Å². The minimum absolute atomic E-state index is 0. The number of nitrogens with two attached hydrogens (primary N) is 1. The van der Waals surface area contributed by atoms with Gasteiger partial charge in [0.1, 0.15) is 41.3 Å². The van der Waals surface area contributed by atoms with Crippen molar-refractivity contribution in [3.8, 4) is 0 Å². The molecule has 0 spiro atoms. The molecular formula is C41H34Cl2F14N12O7S2. The normalized spacial score (nSPS) is 14.4. The van der Waals surface area contributed by atoms with Crippen molar-refractivity contribution in [2.45, 2.75) is 43.4 Å². The SMILES string of the molecule is Cc1ccc2nc(C(F)(F)F)c(C(=O)O)n2c1.Cl.NCc1ccc(N2CCN(S(=O)(=O)C(F)(F)F)C=N2)c(F)c1.O=C(NCc1ccc(N2CCN(S(=O)(=O)C(F)(F)F)C=N2)c(F)c1)c1c(C(F)(F)F)nc2ccc(Cl)cn12. The van der Waals surface area contributed by atoms with Crippen molar-refractivity contribution in [3.05, 3.63) is 129 Å². The molecule has 4 aromatic heterocycles. The Balaban J connectivity index is 0.000000237. The van der Waals surface area contributed by atoms with Crippen LogP contribution in [0.3, 0.4) is 0 Å². The van der Waals surface area contributed by atoms with Gasteiger partial charge in [0, 0.05) is 25.5 Å². The van der Waals surface area contributed by atoms with Gasteiger partial charge >= 0.3 is 49.4 Å². The lowest BCUT2D eigenvalue weighted by Gasteiger charge is -2.29. The molecule has 0 bridgehead atoms. The van der Waals surface area contributed by atoms with Crippen LogP contribution in [0.2, 0.25) is 5.02 Å². The van der Waals surface area contributed by atoms with Crippen LogP contribution < -0.4 is 21.1 Å². The maximum atomic E-state index is 14.7. The Morgan fingerprint density at radius 1 is 0.654 bits per heavy atom. The number of nitrogens with one attached hydrogen (secondary N) is 1. The number of pyridine rings is 2. The number of aromatic nitrogens is 4. The number of carboxylic acids is 1. The van der Waals surface area contributed by atoms with Gasteiger partial charge in [-0.3, -0.25) is 23.6 Å². The smallest absolute Gasteiger partial charge is 0.476 e. The summed E-state index contributed by atoms with van der Waals surface area (Å²) in [6.07, 6.45) is -6.43. The van der Waals surface area contributed by atoms with Crippen molar-refractivity contribution >= 4 is 91.3 Å². The number of carboxylic acid groups (broad SMARTS) is 1. The van der Waals surface area contributed by atoms with E-state index in [0.717, 1.165) is 37.1 Å². The molecule has 0 saturated carbocycles. The second kappa shape index (κ2) is 23.0. The third-order valence-corrected chi connectivity index (χ3v) is 13.7. The van der Waals surface area contributed by atoms with Gasteiger partial charge in [0.15, 0.2) is 17.1 Å². The summed E-state index contributed by atoms with van der Waals surface area (Å²) in [7, 11) is -11.1. The number of imidazole rings is 2. The van der Waals surface area contributed by atoms with E-state index in [2.05, 4.69) is 25.5 Å². The molecule has 0 unspecified atom stereocenters. The number of carbonyl (C=O) groups excluding carboxylic acids is 1. The van der Waals surface area contributed by atoms with Crippen LogP contribution in [-0.4, -0.2) is 111 Å². The first-order valence-corrected chi connectivity index (χ1v) is 24.2. The summed E-state index contributed by atoms with van der Waals surface area (Å²) in [5.74, 6) is -4.40. The highest BCUT2D eigenvalue weighted by Gasteiger charge is 2.51. The molecule has 0 radical (unpaired) electrons. The second-order valence-corrected chi connectivity index (χ2v) is 19.9. The minimum atomic E-state index is -5.65. The number of benzene rings is 2. The lowest BCUT2D eigenvalue weighted by molar-refractivity contribution is -0.142. The number of amides is 1. The van der Waals surface area contributed by atoms with Crippen LogP contribution in [-0.2, 0) is 45.5 Å². The first kappa shape index (κ1) is 61.6. The highest BCUT2D eigenvalue weighted by Crippen LogP contribution is 2.35. The van der Waals surface area contributed by atoms with Crippen molar-refractivity contribution in [1.82, 2.24) is 32.7 Å². The number of sulfonamides is 2. The number of alkyl halides is 12. The summed E-state index contributed by atoms with van der Waals surface area (Å²) < 4.78 is 229. The molecule has 1 amide bonds. The maximum Gasteiger partial charge on any atom is 0.516 e. The quantitative estimate of drug-likeness (QED) is 0.117. The van der Waals surface area contributed by atoms with E-state index in [-0.39, 0.29) is 67.4 Å². The molecule has 0 fully saturated rings. The number of nitrogens with zero attached hydrogens (tertiary/aromatic N) is 10. The van der Waals surface area contributed by atoms with Crippen LogP contribution in [0.5, 0.6) is 0 Å². The van der Waals surface area contributed by atoms with Gasteiger partial charge in [-0.15, -0.1) is 12.4 Å². The van der Waals surface area contributed by atoms with Crippen LogP contribution in [0.1, 0.15) is 49.1 Å². The molecule has 0 saturated heterocycles. The van der Waals surface area contributed by atoms with Gasteiger partial charge in [-0.05, 0) is 66.1 Å². The summed E-state index contributed by atoms with van der Waals surface area (Å²) in [5, 5.41) is 20.3. The molecule has 78 heavy (non-hydrogen) atoms. The van der Waals surface area contributed by atoms with Crippen molar-refractivity contribution < 1.29 is 93.0 Å². The average Bonchev–Trinajstić information content (AvgIpc) is 3.94.